The fraction of sp³-hybridized carbons (Fsp3) is 0.562. The van der Waals surface area contributed by atoms with Crippen molar-refractivity contribution in [3.8, 4) is 0 Å². The summed E-state index contributed by atoms with van der Waals surface area (Å²) in [6.07, 6.45) is 3.35. The van der Waals surface area contributed by atoms with Crippen LogP contribution in [0, 0.1) is 0 Å². The minimum absolute atomic E-state index is 0.132. The Labute approximate surface area is 120 Å². The van der Waals surface area contributed by atoms with E-state index in [-0.39, 0.29) is 6.03 Å². The molecule has 3 rings (SSSR count). The Kier molecular flexibility index (Phi) is 4.21. The first-order valence-electron chi connectivity index (χ1n) is 7.64. The lowest BCUT2D eigenvalue weighted by atomic mass is 10.0. The first-order valence-corrected chi connectivity index (χ1v) is 7.64. The highest BCUT2D eigenvalue weighted by atomic mass is 16.2. The fourth-order valence-corrected chi connectivity index (χ4v) is 3.22. The van der Waals surface area contributed by atoms with Crippen LogP contribution in [0.2, 0.25) is 0 Å². The zero-order chi connectivity index (χ0) is 13.8. The van der Waals surface area contributed by atoms with Crippen molar-refractivity contribution >= 4 is 6.03 Å². The number of rotatable bonds is 4. The van der Waals surface area contributed by atoms with Gasteiger partial charge in [-0.1, -0.05) is 30.3 Å². The average molecular weight is 273 g/mol. The number of nitrogens with zero attached hydrogens (tertiary/aromatic N) is 2. The molecule has 2 fully saturated rings. The van der Waals surface area contributed by atoms with E-state index in [0.717, 1.165) is 52.0 Å². The number of hydrogen-bond acceptors (Lipinski definition) is 2. The van der Waals surface area contributed by atoms with Gasteiger partial charge in [0.25, 0.3) is 0 Å². The summed E-state index contributed by atoms with van der Waals surface area (Å²) in [5.41, 5.74) is 1.41. The second kappa shape index (κ2) is 6.27. The summed E-state index contributed by atoms with van der Waals surface area (Å²) in [5.74, 6) is 0. The number of carbonyl (C=O) groups excluding carboxylic acids is 1. The van der Waals surface area contributed by atoms with E-state index in [4.69, 9.17) is 0 Å². The Morgan fingerprint density at radius 3 is 2.50 bits per heavy atom. The quantitative estimate of drug-likeness (QED) is 0.906. The fourth-order valence-electron chi connectivity index (χ4n) is 3.22. The smallest absolute Gasteiger partial charge is 0.317 e. The highest BCUT2D eigenvalue weighted by Crippen LogP contribution is 2.18. The van der Waals surface area contributed by atoms with Gasteiger partial charge in [-0.05, 0) is 24.8 Å². The van der Waals surface area contributed by atoms with Crippen molar-refractivity contribution in [3.05, 3.63) is 35.9 Å². The van der Waals surface area contributed by atoms with Crippen LogP contribution in [0.25, 0.3) is 0 Å². The van der Waals surface area contributed by atoms with Crippen LogP contribution >= 0.6 is 0 Å². The molecule has 2 saturated heterocycles. The monoisotopic (exact) mass is 273 g/mol. The summed E-state index contributed by atoms with van der Waals surface area (Å²) in [6, 6.07) is 11.2. The summed E-state index contributed by atoms with van der Waals surface area (Å²) in [4.78, 5) is 16.2. The second-order valence-electron chi connectivity index (χ2n) is 5.73. The third-order valence-corrected chi connectivity index (χ3v) is 4.45. The lowest BCUT2D eigenvalue weighted by Gasteiger charge is -2.36. The van der Waals surface area contributed by atoms with E-state index < -0.39 is 0 Å². The third-order valence-electron chi connectivity index (χ3n) is 4.45. The van der Waals surface area contributed by atoms with Gasteiger partial charge >= 0.3 is 6.03 Å². The van der Waals surface area contributed by atoms with Gasteiger partial charge in [0.15, 0.2) is 0 Å². The Balaban J connectivity index is 1.43. The topological polar surface area (TPSA) is 35.6 Å². The van der Waals surface area contributed by atoms with Crippen LogP contribution in [-0.4, -0.2) is 54.6 Å². The molecule has 2 heterocycles. The van der Waals surface area contributed by atoms with Gasteiger partial charge in [0, 0.05) is 38.8 Å². The van der Waals surface area contributed by atoms with Crippen LogP contribution in [0.15, 0.2) is 30.3 Å². The van der Waals surface area contributed by atoms with Crippen molar-refractivity contribution in [2.75, 3.05) is 32.7 Å². The molecule has 1 N–H and O–H groups in total. The number of carbonyl (C=O) groups is 1. The molecule has 20 heavy (non-hydrogen) atoms. The maximum absolute atomic E-state index is 11.7. The maximum atomic E-state index is 11.7. The van der Waals surface area contributed by atoms with Crippen LogP contribution in [0.3, 0.4) is 0 Å². The number of piperidine rings is 1. The summed E-state index contributed by atoms with van der Waals surface area (Å²) in [7, 11) is 0. The van der Waals surface area contributed by atoms with Crippen molar-refractivity contribution in [2.45, 2.75) is 25.3 Å². The summed E-state index contributed by atoms with van der Waals surface area (Å²) >= 11 is 0. The zero-order valence-electron chi connectivity index (χ0n) is 11.9. The van der Waals surface area contributed by atoms with E-state index in [0.29, 0.717) is 6.04 Å². The molecule has 0 unspecified atom stereocenters. The Bertz CT molecular complexity index is 440. The van der Waals surface area contributed by atoms with Crippen molar-refractivity contribution in [1.29, 1.82) is 0 Å². The van der Waals surface area contributed by atoms with Gasteiger partial charge < -0.3 is 15.1 Å². The largest absolute Gasteiger partial charge is 0.336 e. The molecule has 1 aromatic carbocycles. The highest BCUT2D eigenvalue weighted by Gasteiger charge is 2.30. The second-order valence-corrected chi connectivity index (χ2v) is 5.73. The molecule has 0 bridgehead atoms. The standard InChI is InChI=1S/C16H23N3O/c20-16-17-9-13-19(16)15-7-11-18(12-8-15)10-6-14-4-2-1-3-5-14/h1-5,15H,6-13H2,(H,17,20). The lowest BCUT2D eigenvalue weighted by molar-refractivity contribution is 0.137. The van der Waals surface area contributed by atoms with Gasteiger partial charge in [-0.15, -0.1) is 0 Å². The number of nitrogens with one attached hydrogen (secondary N) is 1. The molecule has 2 aliphatic heterocycles. The number of amides is 2. The molecule has 0 atom stereocenters. The normalized spacial score (nSPS) is 21.2. The average Bonchev–Trinajstić information content (AvgIpc) is 2.93. The van der Waals surface area contributed by atoms with Crippen molar-refractivity contribution in [2.24, 2.45) is 0 Å². The first-order chi connectivity index (χ1) is 9.83. The van der Waals surface area contributed by atoms with E-state index in [9.17, 15) is 4.79 Å². The highest BCUT2D eigenvalue weighted by molar-refractivity contribution is 5.76. The van der Waals surface area contributed by atoms with E-state index in [1.54, 1.807) is 0 Å². The molecular weight excluding hydrogens is 250 g/mol. The summed E-state index contributed by atoms with van der Waals surface area (Å²) in [6.45, 7) is 5.05. The maximum Gasteiger partial charge on any atom is 0.317 e. The molecule has 108 valence electrons. The van der Waals surface area contributed by atoms with Gasteiger partial charge in [-0.2, -0.15) is 0 Å². The molecule has 2 aliphatic rings. The minimum atomic E-state index is 0.132. The van der Waals surface area contributed by atoms with E-state index in [2.05, 4.69) is 40.5 Å². The van der Waals surface area contributed by atoms with Crippen molar-refractivity contribution in [3.63, 3.8) is 0 Å². The van der Waals surface area contributed by atoms with Gasteiger partial charge in [-0.3, -0.25) is 0 Å². The van der Waals surface area contributed by atoms with Crippen LogP contribution in [-0.2, 0) is 6.42 Å². The molecule has 4 heteroatoms. The number of likely N-dealkylation sites (tertiary alicyclic amines) is 1. The molecular formula is C16H23N3O. The molecule has 0 aliphatic carbocycles. The number of urea groups is 1. The molecule has 0 saturated carbocycles. The minimum Gasteiger partial charge on any atom is -0.336 e. The summed E-state index contributed by atoms with van der Waals surface area (Å²) in [5, 5.41) is 2.90. The van der Waals surface area contributed by atoms with Gasteiger partial charge in [0.2, 0.25) is 0 Å². The van der Waals surface area contributed by atoms with Crippen LogP contribution in [0.4, 0.5) is 4.79 Å². The lowest BCUT2D eigenvalue weighted by Crippen LogP contribution is -2.46. The Morgan fingerprint density at radius 2 is 1.85 bits per heavy atom. The zero-order valence-corrected chi connectivity index (χ0v) is 11.9. The SMILES string of the molecule is O=C1NCCN1C1CCN(CCc2ccccc2)CC1. The van der Waals surface area contributed by atoms with Gasteiger partial charge in [0.1, 0.15) is 0 Å². The third kappa shape index (κ3) is 3.12. The molecule has 0 aromatic heterocycles. The van der Waals surface area contributed by atoms with Crippen LogP contribution in [0.5, 0.6) is 0 Å². The van der Waals surface area contributed by atoms with Gasteiger partial charge in [-0.25, -0.2) is 4.79 Å². The van der Waals surface area contributed by atoms with Crippen molar-refractivity contribution in [1.82, 2.24) is 15.1 Å². The van der Waals surface area contributed by atoms with Crippen LogP contribution < -0.4 is 5.32 Å². The number of hydrogen-bond donors (Lipinski definition) is 1. The predicted octanol–water partition coefficient (Wildman–Crippen LogP) is 1.72. The predicted molar refractivity (Wildman–Crippen MR) is 79.7 cm³/mol. The molecule has 0 radical (unpaired) electrons. The molecule has 0 spiro atoms. The van der Waals surface area contributed by atoms with Gasteiger partial charge in [0.05, 0.1) is 0 Å². The Morgan fingerprint density at radius 1 is 1.10 bits per heavy atom. The Hall–Kier alpha value is -1.55. The molecule has 2 amide bonds. The summed E-state index contributed by atoms with van der Waals surface area (Å²) < 4.78 is 0. The van der Waals surface area contributed by atoms with E-state index >= 15 is 0 Å². The van der Waals surface area contributed by atoms with Crippen LogP contribution in [0.1, 0.15) is 18.4 Å². The molecule has 1 aromatic rings. The first kappa shape index (κ1) is 13.4. The number of benzene rings is 1. The van der Waals surface area contributed by atoms with E-state index in [1.807, 2.05) is 4.90 Å². The molecule has 4 nitrogen and oxygen atoms in total. The van der Waals surface area contributed by atoms with E-state index in [1.165, 1.54) is 5.56 Å². The van der Waals surface area contributed by atoms with Crippen molar-refractivity contribution < 1.29 is 4.79 Å².